The molecule has 0 aliphatic carbocycles. The third kappa shape index (κ3) is 3.77. The number of benzene rings is 1. The van der Waals surface area contributed by atoms with Crippen LogP contribution in [0.3, 0.4) is 0 Å². The highest BCUT2D eigenvalue weighted by Crippen LogP contribution is 2.27. The van der Waals surface area contributed by atoms with Crippen molar-refractivity contribution in [1.29, 1.82) is 0 Å². The van der Waals surface area contributed by atoms with Crippen molar-refractivity contribution in [2.45, 2.75) is 5.25 Å². The van der Waals surface area contributed by atoms with Gasteiger partial charge in [-0.25, -0.2) is 0 Å². The Labute approximate surface area is 135 Å². The van der Waals surface area contributed by atoms with Crippen LogP contribution in [0.25, 0.3) is 0 Å². The standard InChI is InChI=1S/C13H13ClN4O3S/c1-22-11(8-3-2-4-9(14)5-8)7-15-13(19)12-10(18(20)21)6-16-17-12/h2-6,11H,7H2,1H3,(H,15,19)(H,16,17)/t11-/m0/s1. The highest BCUT2D eigenvalue weighted by Gasteiger charge is 2.23. The molecule has 0 aliphatic heterocycles. The number of hydrogen-bond donors (Lipinski definition) is 2. The summed E-state index contributed by atoms with van der Waals surface area (Å²) in [5.74, 6) is -0.565. The average molecular weight is 341 g/mol. The number of aromatic nitrogens is 2. The maximum atomic E-state index is 12.0. The smallest absolute Gasteiger partial charge is 0.319 e. The lowest BCUT2D eigenvalue weighted by molar-refractivity contribution is -0.385. The first kappa shape index (κ1) is 16.3. The van der Waals surface area contributed by atoms with Gasteiger partial charge in [0, 0.05) is 16.8 Å². The van der Waals surface area contributed by atoms with Crippen molar-refractivity contribution in [3.63, 3.8) is 0 Å². The van der Waals surface area contributed by atoms with Gasteiger partial charge in [-0.15, -0.1) is 0 Å². The van der Waals surface area contributed by atoms with Crippen LogP contribution in [0.1, 0.15) is 21.3 Å². The molecule has 0 bridgehead atoms. The zero-order valence-electron chi connectivity index (χ0n) is 11.6. The van der Waals surface area contributed by atoms with Gasteiger partial charge in [-0.2, -0.15) is 16.9 Å². The Morgan fingerprint density at radius 1 is 1.59 bits per heavy atom. The number of nitrogens with zero attached hydrogens (tertiary/aromatic N) is 2. The van der Waals surface area contributed by atoms with Gasteiger partial charge >= 0.3 is 5.69 Å². The number of carbonyl (C=O) groups is 1. The number of nitro groups is 1. The molecule has 0 saturated heterocycles. The number of thioether (sulfide) groups is 1. The Bertz CT molecular complexity index is 691. The van der Waals surface area contributed by atoms with E-state index in [0.29, 0.717) is 11.6 Å². The quantitative estimate of drug-likeness (QED) is 0.622. The van der Waals surface area contributed by atoms with Crippen LogP contribution in [-0.4, -0.2) is 33.8 Å². The van der Waals surface area contributed by atoms with Crippen LogP contribution in [0.5, 0.6) is 0 Å². The van der Waals surface area contributed by atoms with E-state index in [2.05, 4.69) is 15.5 Å². The minimum Gasteiger partial charge on any atom is -0.349 e. The molecular weight excluding hydrogens is 328 g/mol. The first-order valence-corrected chi connectivity index (χ1v) is 7.93. The van der Waals surface area contributed by atoms with Gasteiger partial charge in [-0.1, -0.05) is 23.7 Å². The summed E-state index contributed by atoms with van der Waals surface area (Å²) in [6.45, 7) is 0.316. The van der Waals surface area contributed by atoms with Crippen molar-refractivity contribution in [1.82, 2.24) is 15.5 Å². The number of halogens is 1. The predicted molar refractivity (Wildman–Crippen MR) is 85.3 cm³/mol. The predicted octanol–water partition coefficient (Wildman–Crippen LogP) is 2.81. The number of amides is 1. The van der Waals surface area contributed by atoms with Crippen LogP contribution in [0, 0.1) is 10.1 Å². The molecule has 2 aromatic rings. The second kappa shape index (κ2) is 7.28. The van der Waals surface area contributed by atoms with Crippen molar-refractivity contribution >= 4 is 35.0 Å². The van der Waals surface area contributed by atoms with E-state index in [1.165, 1.54) is 0 Å². The Hall–Kier alpha value is -2.06. The molecule has 1 atom stereocenters. The zero-order valence-corrected chi connectivity index (χ0v) is 13.1. The van der Waals surface area contributed by atoms with Crippen LogP contribution in [0.2, 0.25) is 5.02 Å². The minimum absolute atomic E-state index is 0.00960. The molecule has 0 fully saturated rings. The summed E-state index contributed by atoms with van der Waals surface area (Å²) in [6, 6.07) is 7.35. The molecule has 116 valence electrons. The van der Waals surface area contributed by atoms with E-state index in [1.54, 1.807) is 17.8 Å². The first-order valence-electron chi connectivity index (χ1n) is 6.27. The molecule has 1 amide bonds. The van der Waals surface area contributed by atoms with Crippen LogP contribution in [0.4, 0.5) is 5.69 Å². The molecule has 0 radical (unpaired) electrons. The molecule has 0 spiro atoms. The summed E-state index contributed by atoms with van der Waals surface area (Å²) < 4.78 is 0. The lowest BCUT2D eigenvalue weighted by Gasteiger charge is -2.15. The summed E-state index contributed by atoms with van der Waals surface area (Å²) in [6.07, 6.45) is 2.92. The first-order chi connectivity index (χ1) is 10.5. The molecule has 9 heteroatoms. The fraction of sp³-hybridized carbons (Fsp3) is 0.231. The van der Waals surface area contributed by atoms with E-state index in [1.807, 2.05) is 24.5 Å². The Morgan fingerprint density at radius 2 is 2.36 bits per heavy atom. The lowest BCUT2D eigenvalue weighted by Crippen LogP contribution is -2.28. The summed E-state index contributed by atoms with van der Waals surface area (Å²) in [5.41, 5.74) is 0.469. The molecule has 0 saturated carbocycles. The highest BCUT2D eigenvalue weighted by atomic mass is 35.5. The number of aromatic amines is 1. The normalized spacial score (nSPS) is 11.9. The molecule has 2 N–H and O–H groups in total. The molecule has 0 aliphatic rings. The molecule has 1 aromatic carbocycles. The van der Waals surface area contributed by atoms with Crippen LogP contribution >= 0.6 is 23.4 Å². The van der Waals surface area contributed by atoms with E-state index in [4.69, 9.17) is 11.6 Å². The summed E-state index contributed by atoms with van der Waals surface area (Å²) in [5, 5.41) is 19.9. The highest BCUT2D eigenvalue weighted by molar-refractivity contribution is 7.98. The number of carbonyl (C=O) groups excluding carboxylic acids is 1. The Morgan fingerprint density at radius 3 is 3.00 bits per heavy atom. The molecule has 2 rings (SSSR count). The van der Waals surface area contributed by atoms with E-state index >= 15 is 0 Å². The van der Waals surface area contributed by atoms with Crippen LogP contribution in [0.15, 0.2) is 30.5 Å². The summed E-state index contributed by atoms with van der Waals surface area (Å²) in [7, 11) is 0. The van der Waals surface area contributed by atoms with Gasteiger partial charge in [0.2, 0.25) is 5.69 Å². The second-order valence-electron chi connectivity index (χ2n) is 4.38. The van der Waals surface area contributed by atoms with Gasteiger partial charge in [0.05, 0.1) is 4.92 Å². The summed E-state index contributed by atoms with van der Waals surface area (Å²) in [4.78, 5) is 22.2. The fourth-order valence-electron chi connectivity index (χ4n) is 1.90. The van der Waals surface area contributed by atoms with E-state index in [0.717, 1.165) is 11.8 Å². The van der Waals surface area contributed by atoms with Crippen molar-refractivity contribution in [3.05, 3.63) is 56.9 Å². The van der Waals surface area contributed by atoms with Gasteiger partial charge in [-0.05, 0) is 24.0 Å². The van der Waals surface area contributed by atoms with Gasteiger partial charge in [0.15, 0.2) is 0 Å². The molecular formula is C13H13ClN4O3S. The maximum Gasteiger partial charge on any atom is 0.319 e. The minimum atomic E-state index is -0.651. The maximum absolute atomic E-state index is 12.0. The number of nitrogens with one attached hydrogen (secondary N) is 2. The SMILES string of the molecule is CS[C@@H](CNC(=O)c1[nH]ncc1[N+](=O)[O-])c1cccc(Cl)c1. The van der Waals surface area contributed by atoms with Gasteiger partial charge < -0.3 is 5.32 Å². The van der Waals surface area contributed by atoms with Crippen molar-refractivity contribution in [2.75, 3.05) is 12.8 Å². The number of rotatable bonds is 6. The lowest BCUT2D eigenvalue weighted by atomic mass is 10.1. The van der Waals surface area contributed by atoms with E-state index < -0.39 is 10.8 Å². The number of hydrogen-bond acceptors (Lipinski definition) is 5. The monoisotopic (exact) mass is 340 g/mol. The topological polar surface area (TPSA) is 101 Å². The van der Waals surface area contributed by atoms with Gasteiger partial charge in [0.1, 0.15) is 6.20 Å². The van der Waals surface area contributed by atoms with Gasteiger partial charge in [-0.3, -0.25) is 20.0 Å². The molecule has 1 aromatic heterocycles. The Balaban J connectivity index is 2.06. The fourth-order valence-corrected chi connectivity index (χ4v) is 2.77. The summed E-state index contributed by atoms with van der Waals surface area (Å²) >= 11 is 7.51. The van der Waals surface area contributed by atoms with Gasteiger partial charge in [0.25, 0.3) is 5.91 Å². The molecule has 7 nitrogen and oxygen atoms in total. The largest absolute Gasteiger partial charge is 0.349 e. The van der Waals surface area contributed by atoms with Crippen LogP contribution in [-0.2, 0) is 0 Å². The molecule has 22 heavy (non-hydrogen) atoms. The second-order valence-corrected chi connectivity index (χ2v) is 5.85. The average Bonchev–Trinajstić information content (AvgIpc) is 2.97. The van der Waals surface area contributed by atoms with Crippen molar-refractivity contribution < 1.29 is 9.72 Å². The number of H-pyrrole nitrogens is 1. The zero-order chi connectivity index (χ0) is 16.1. The van der Waals surface area contributed by atoms with Crippen LogP contribution < -0.4 is 5.32 Å². The third-order valence-electron chi connectivity index (χ3n) is 3.00. The Kier molecular flexibility index (Phi) is 5.40. The van der Waals surface area contributed by atoms with E-state index in [-0.39, 0.29) is 16.6 Å². The van der Waals surface area contributed by atoms with Crippen molar-refractivity contribution in [2.24, 2.45) is 0 Å². The van der Waals surface area contributed by atoms with Crippen molar-refractivity contribution in [3.8, 4) is 0 Å². The molecule has 1 heterocycles. The van der Waals surface area contributed by atoms with E-state index in [9.17, 15) is 14.9 Å². The third-order valence-corrected chi connectivity index (χ3v) is 4.24. The molecule has 0 unspecified atom stereocenters.